The van der Waals surface area contributed by atoms with Crippen LogP contribution in [0, 0.1) is 0 Å². The topological polar surface area (TPSA) is 20.1 Å². The van der Waals surface area contributed by atoms with Gasteiger partial charge in [-0.15, -0.1) is 0 Å². The van der Waals surface area contributed by atoms with Gasteiger partial charge in [-0.05, 0) is 6.42 Å². The van der Waals surface area contributed by atoms with E-state index in [1.54, 1.807) is 11.5 Å². The minimum absolute atomic E-state index is 0.176. The quantitative estimate of drug-likeness (QED) is 0.349. The molecule has 0 saturated carbocycles. The zero-order valence-electron chi connectivity index (χ0n) is 5.76. The standard InChI is InChI=1S/C7H12NO/c1-7(9)8-5-3-2-4-6-8/h5H,2-4,6H2,1H3/q+1/i1+1,7+1. The molecule has 1 aliphatic rings. The van der Waals surface area contributed by atoms with Crippen molar-refractivity contribution < 1.29 is 9.37 Å². The van der Waals surface area contributed by atoms with Gasteiger partial charge in [0.05, 0.1) is 6.92 Å². The molecular weight excluding hydrogens is 116 g/mol. The molecule has 0 atom stereocenters. The first-order valence-electron chi connectivity index (χ1n) is 3.41. The number of carbonyl (C=O) groups excluding carboxylic acids is 1. The fourth-order valence-corrected chi connectivity index (χ4v) is 1.05. The zero-order chi connectivity index (χ0) is 6.69. The van der Waals surface area contributed by atoms with Gasteiger partial charge in [0.25, 0.3) is 0 Å². The Bertz CT molecular complexity index is 149. The van der Waals surface area contributed by atoms with Crippen molar-refractivity contribution in [1.82, 2.24) is 0 Å². The third-order valence-corrected chi connectivity index (χ3v) is 1.61. The van der Waals surface area contributed by atoms with Gasteiger partial charge in [0.2, 0.25) is 0 Å². The lowest BCUT2D eigenvalue weighted by molar-refractivity contribution is -0.448. The lowest BCUT2D eigenvalue weighted by Gasteiger charge is -2.02. The van der Waals surface area contributed by atoms with Gasteiger partial charge in [0.15, 0.2) is 6.54 Å². The summed E-state index contributed by atoms with van der Waals surface area (Å²) in [6.45, 7) is 2.54. The Morgan fingerprint density at radius 1 is 1.56 bits per heavy atom. The van der Waals surface area contributed by atoms with E-state index in [1.807, 2.05) is 6.21 Å². The van der Waals surface area contributed by atoms with Gasteiger partial charge in [0.1, 0.15) is 6.21 Å². The summed E-state index contributed by atoms with van der Waals surface area (Å²) in [5.74, 6) is 0.176. The maximum Gasteiger partial charge on any atom is 0.383 e. The Hall–Kier alpha value is -0.660. The van der Waals surface area contributed by atoms with Gasteiger partial charge in [0, 0.05) is 12.8 Å². The second kappa shape index (κ2) is 2.76. The molecule has 1 rings (SSSR count). The third-order valence-electron chi connectivity index (χ3n) is 1.61. The van der Waals surface area contributed by atoms with E-state index in [2.05, 4.69) is 0 Å². The van der Waals surface area contributed by atoms with Crippen molar-refractivity contribution >= 4 is 12.1 Å². The van der Waals surface area contributed by atoms with E-state index < -0.39 is 0 Å². The van der Waals surface area contributed by atoms with Crippen LogP contribution in [0.25, 0.3) is 0 Å². The van der Waals surface area contributed by atoms with Crippen LogP contribution in [0.3, 0.4) is 0 Å². The fraction of sp³-hybridized carbons (Fsp3) is 0.714. The third kappa shape index (κ3) is 1.63. The van der Waals surface area contributed by atoms with Crippen LogP contribution in [0.5, 0.6) is 0 Å². The van der Waals surface area contributed by atoms with Crippen LogP contribution in [-0.2, 0) is 4.79 Å². The van der Waals surface area contributed by atoms with E-state index in [-0.39, 0.29) is 5.91 Å². The Morgan fingerprint density at radius 2 is 2.33 bits per heavy atom. The number of carbonyl (C=O) groups is 1. The second-order valence-corrected chi connectivity index (χ2v) is 2.39. The average molecular weight is 128 g/mol. The number of amides is 1. The van der Waals surface area contributed by atoms with Gasteiger partial charge < -0.3 is 0 Å². The van der Waals surface area contributed by atoms with Crippen molar-refractivity contribution in [3.05, 3.63) is 0 Å². The number of hydrogen-bond donors (Lipinski definition) is 0. The molecule has 0 unspecified atom stereocenters. The van der Waals surface area contributed by atoms with Crippen LogP contribution < -0.4 is 0 Å². The molecule has 0 aliphatic carbocycles. The Kier molecular flexibility index (Phi) is 1.98. The summed E-state index contributed by atoms with van der Waals surface area (Å²) < 4.78 is 1.80. The van der Waals surface area contributed by atoms with Crippen molar-refractivity contribution in [2.45, 2.75) is 26.2 Å². The van der Waals surface area contributed by atoms with E-state index in [9.17, 15) is 4.79 Å². The lowest BCUT2D eigenvalue weighted by Crippen LogP contribution is -2.23. The second-order valence-electron chi connectivity index (χ2n) is 2.39. The Morgan fingerprint density at radius 3 is 2.67 bits per heavy atom. The molecule has 0 fully saturated rings. The number of hydrogen-bond acceptors (Lipinski definition) is 1. The van der Waals surface area contributed by atoms with E-state index >= 15 is 0 Å². The summed E-state index contributed by atoms with van der Waals surface area (Å²) in [6, 6.07) is 0. The minimum Gasteiger partial charge on any atom is -0.220 e. The maximum absolute atomic E-state index is 10.7. The summed E-state index contributed by atoms with van der Waals surface area (Å²) in [4.78, 5) is 10.7. The van der Waals surface area contributed by atoms with E-state index in [0.29, 0.717) is 0 Å². The summed E-state index contributed by atoms with van der Waals surface area (Å²) in [6.07, 6.45) is 5.46. The highest BCUT2D eigenvalue weighted by Gasteiger charge is 2.13. The van der Waals surface area contributed by atoms with E-state index in [4.69, 9.17) is 0 Å². The normalized spacial score (nSPS) is 19.0. The van der Waals surface area contributed by atoms with Crippen LogP contribution in [0.1, 0.15) is 26.2 Å². The first-order valence-corrected chi connectivity index (χ1v) is 3.41. The largest absolute Gasteiger partial charge is 0.383 e. The molecule has 0 radical (unpaired) electrons. The highest BCUT2D eigenvalue weighted by Crippen LogP contribution is 1.99. The van der Waals surface area contributed by atoms with Gasteiger partial charge in [-0.2, -0.15) is 4.58 Å². The smallest absolute Gasteiger partial charge is 0.220 e. The van der Waals surface area contributed by atoms with Crippen molar-refractivity contribution in [3.63, 3.8) is 0 Å². The molecule has 50 valence electrons. The van der Waals surface area contributed by atoms with Crippen LogP contribution in [0.2, 0.25) is 0 Å². The predicted octanol–water partition coefficient (Wildman–Crippen LogP) is 0.800. The molecule has 0 aromatic rings. The Labute approximate surface area is 55.2 Å². The van der Waals surface area contributed by atoms with Gasteiger partial charge >= 0.3 is 5.91 Å². The zero-order valence-corrected chi connectivity index (χ0v) is 5.76. The summed E-state index contributed by atoms with van der Waals surface area (Å²) in [5, 5.41) is 0. The lowest BCUT2D eigenvalue weighted by atomic mass is 10.2. The predicted molar refractivity (Wildman–Crippen MR) is 35.7 cm³/mol. The highest BCUT2D eigenvalue weighted by molar-refractivity contribution is 5.70. The fourth-order valence-electron chi connectivity index (χ4n) is 1.05. The first-order chi connectivity index (χ1) is 4.30. The SMILES string of the molecule is [13CH3][13C](=O)[N+]1=CCCCC1. The van der Waals surface area contributed by atoms with Crippen molar-refractivity contribution in [2.24, 2.45) is 0 Å². The van der Waals surface area contributed by atoms with Crippen LogP contribution in [0.15, 0.2) is 0 Å². The van der Waals surface area contributed by atoms with E-state index in [0.717, 1.165) is 19.4 Å². The van der Waals surface area contributed by atoms with Gasteiger partial charge in [-0.25, -0.2) is 4.79 Å². The molecule has 1 amide bonds. The summed E-state index contributed by atoms with van der Waals surface area (Å²) >= 11 is 0. The molecule has 9 heavy (non-hydrogen) atoms. The maximum atomic E-state index is 10.7. The summed E-state index contributed by atoms with van der Waals surface area (Å²) in [7, 11) is 0. The molecule has 1 aliphatic heterocycles. The first kappa shape index (κ1) is 6.46. The number of nitrogens with zero attached hydrogens (tertiary/aromatic N) is 1. The molecule has 0 N–H and O–H groups in total. The molecule has 2 heteroatoms. The monoisotopic (exact) mass is 128 g/mol. The van der Waals surface area contributed by atoms with Gasteiger partial charge in [-0.3, -0.25) is 0 Å². The summed E-state index contributed by atoms with van der Waals surface area (Å²) in [5.41, 5.74) is 0. The van der Waals surface area contributed by atoms with Crippen molar-refractivity contribution in [3.8, 4) is 0 Å². The van der Waals surface area contributed by atoms with Crippen molar-refractivity contribution in [1.29, 1.82) is 0 Å². The van der Waals surface area contributed by atoms with Crippen LogP contribution >= 0.6 is 0 Å². The molecule has 0 aromatic heterocycles. The number of rotatable bonds is 0. The molecule has 1 heterocycles. The Balaban J connectivity index is 2.57. The average Bonchev–Trinajstić information content (AvgIpc) is 1.90. The molecule has 0 aromatic carbocycles. The van der Waals surface area contributed by atoms with E-state index in [1.165, 1.54) is 6.42 Å². The van der Waals surface area contributed by atoms with Crippen molar-refractivity contribution in [2.75, 3.05) is 6.54 Å². The minimum atomic E-state index is 0.176. The molecule has 0 saturated heterocycles. The molecule has 2 nitrogen and oxygen atoms in total. The molecule has 0 spiro atoms. The molecular formula is C7H12NO+. The van der Waals surface area contributed by atoms with Crippen LogP contribution in [-0.4, -0.2) is 23.2 Å². The van der Waals surface area contributed by atoms with Crippen LogP contribution in [0.4, 0.5) is 0 Å². The molecule has 0 bridgehead atoms. The highest BCUT2D eigenvalue weighted by atomic mass is 16.2. The van der Waals surface area contributed by atoms with Gasteiger partial charge in [-0.1, -0.05) is 0 Å².